The lowest BCUT2D eigenvalue weighted by atomic mass is 9.92. The van der Waals surface area contributed by atoms with E-state index in [9.17, 15) is 9.59 Å². The summed E-state index contributed by atoms with van der Waals surface area (Å²) in [6.07, 6.45) is 1.62. The Morgan fingerprint density at radius 3 is 2.30 bits per heavy atom. The maximum Gasteiger partial charge on any atom is 0.245 e. The maximum atomic E-state index is 13.7. The zero-order valence-corrected chi connectivity index (χ0v) is 23.3. The molecule has 2 aliphatic rings. The summed E-state index contributed by atoms with van der Waals surface area (Å²) < 4.78 is 5.54. The summed E-state index contributed by atoms with van der Waals surface area (Å²) in [5, 5.41) is 1.06. The fraction of sp³-hybridized carbons (Fsp3) is 0.500. The third-order valence-electron chi connectivity index (χ3n) is 7.68. The van der Waals surface area contributed by atoms with E-state index >= 15 is 0 Å². The molecule has 37 heavy (non-hydrogen) atoms. The van der Waals surface area contributed by atoms with Crippen molar-refractivity contribution in [3.05, 3.63) is 63.6 Å². The summed E-state index contributed by atoms with van der Waals surface area (Å²) in [5.74, 6) is 0.000977. The first-order valence-electron chi connectivity index (χ1n) is 12.8. The van der Waals surface area contributed by atoms with Crippen LogP contribution in [0.1, 0.15) is 43.9 Å². The lowest BCUT2D eigenvalue weighted by molar-refractivity contribution is -0.143. The lowest BCUT2D eigenvalue weighted by Crippen LogP contribution is -2.56. The molecule has 7 nitrogen and oxygen atoms in total. The normalized spacial score (nSPS) is 18.3. The second kappa shape index (κ2) is 11.6. The fourth-order valence-electron chi connectivity index (χ4n) is 5.04. The Bertz CT molecular complexity index is 1120. The van der Waals surface area contributed by atoms with Gasteiger partial charge in [-0.25, -0.2) is 0 Å². The van der Waals surface area contributed by atoms with Gasteiger partial charge in [0.05, 0.1) is 11.6 Å². The Labute approximate surface area is 229 Å². The average Bonchev–Trinajstić information content (AvgIpc) is 3.33. The number of hydrogen-bond donors (Lipinski definition) is 1. The number of carbonyl (C=O) groups is 2. The van der Waals surface area contributed by atoms with Crippen LogP contribution in [0.3, 0.4) is 0 Å². The van der Waals surface area contributed by atoms with E-state index in [4.69, 9.17) is 33.7 Å². The van der Waals surface area contributed by atoms with Crippen molar-refractivity contribution in [2.24, 2.45) is 5.73 Å². The van der Waals surface area contributed by atoms with E-state index in [-0.39, 0.29) is 17.9 Å². The Balaban J connectivity index is 1.43. The molecule has 200 valence electrons. The molecule has 2 aromatic carbocycles. The van der Waals surface area contributed by atoms with Crippen LogP contribution in [0.5, 0.6) is 0 Å². The van der Waals surface area contributed by atoms with Gasteiger partial charge in [0.2, 0.25) is 11.8 Å². The minimum atomic E-state index is -0.565. The number of nitrogens with two attached hydrogens (primary N) is 1. The number of anilines is 1. The number of ether oxygens (including phenoxy) is 1. The molecule has 2 unspecified atom stereocenters. The van der Waals surface area contributed by atoms with Crippen molar-refractivity contribution in [1.82, 2.24) is 9.80 Å². The van der Waals surface area contributed by atoms with E-state index in [1.165, 1.54) is 0 Å². The number of nitrogens with zero attached hydrogens (tertiary/aromatic N) is 3. The molecular weight excluding hydrogens is 511 g/mol. The van der Waals surface area contributed by atoms with Gasteiger partial charge in [0.15, 0.2) is 0 Å². The van der Waals surface area contributed by atoms with Gasteiger partial charge >= 0.3 is 0 Å². The van der Waals surface area contributed by atoms with Crippen molar-refractivity contribution < 1.29 is 14.3 Å². The Morgan fingerprint density at radius 2 is 1.73 bits per heavy atom. The highest BCUT2D eigenvalue weighted by Gasteiger charge is 2.37. The molecule has 2 atom stereocenters. The fourth-order valence-corrected chi connectivity index (χ4v) is 5.53. The van der Waals surface area contributed by atoms with E-state index < -0.39 is 11.6 Å². The molecule has 2 saturated heterocycles. The molecule has 2 aromatic rings. The summed E-state index contributed by atoms with van der Waals surface area (Å²) >= 11 is 12.5. The Hall–Kier alpha value is -2.32. The molecule has 0 aliphatic carbocycles. The highest BCUT2D eigenvalue weighted by atomic mass is 35.5. The van der Waals surface area contributed by atoms with Crippen LogP contribution in [0.4, 0.5) is 5.69 Å². The van der Waals surface area contributed by atoms with Crippen LogP contribution in [0.25, 0.3) is 0 Å². The van der Waals surface area contributed by atoms with Crippen molar-refractivity contribution in [3.8, 4) is 0 Å². The predicted octanol–water partition coefficient (Wildman–Crippen LogP) is 4.30. The standard InChI is InChI=1S/C28H36Cl2N4O3/c1-28(2,37-3)26(31)19-7-10-22(11-8-19)32-13-15-33(16-14-32)27(36)24(34-12-4-5-25(34)35)17-20-6-9-21(29)18-23(20)30/h6-11,18,24,26H,4-5,12-17,31H2,1-3H3. The summed E-state index contributed by atoms with van der Waals surface area (Å²) in [6.45, 7) is 7.14. The van der Waals surface area contributed by atoms with Gasteiger partial charge < -0.3 is 25.2 Å². The highest BCUT2D eigenvalue weighted by Crippen LogP contribution is 2.29. The van der Waals surface area contributed by atoms with Gasteiger partial charge in [-0.2, -0.15) is 0 Å². The first-order valence-corrected chi connectivity index (χ1v) is 13.5. The largest absolute Gasteiger partial charge is 0.377 e. The number of carbonyl (C=O) groups excluding carboxylic acids is 2. The quantitative estimate of drug-likeness (QED) is 0.533. The molecule has 2 heterocycles. The maximum absolute atomic E-state index is 13.7. The topological polar surface area (TPSA) is 79.1 Å². The molecule has 0 aromatic heterocycles. The number of benzene rings is 2. The average molecular weight is 548 g/mol. The summed E-state index contributed by atoms with van der Waals surface area (Å²) in [4.78, 5) is 32.2. The first-order chi connectivity index (χ1) is 17.6. The molecule has 2 aliphatic heterocycles. The first kappa shape index (κ1) is 27.7. The molecule has 0 radical (unpaired) electrons. The van der Waals surface area contributed by atoms with Crippen LogP contribution in [0.2, 0.25) is 10.0 Å². The van der Waals surface area contributed by atoms with Gasteiger partial charge in [0.25, 0.3) is 0 Å². The van der Waals surface area contributed by atoms with Crippen LogP contribution >= 0.6 is 23.2 Å². The van der Waals surface area contributed by atoms with Crippen LogP contribution in [0, 0.1) is 0 Å². The van der Waals surface area contributed by atoms with Crippen LogP contribution in [0.15, 0.2) is 42.5 Å². The molecule has 2 fully saturated rings. The number of methoxy groups -OCH3 is 1. The molecule has 4 rings (SSSR count). The summed E-state index contributed by atoms with van der Waals surface area (Å²) in [6, 6.07) is 12.7. The lowest BCUT2D eigenvalue weighted by Gasteiger charge is -2.39. The van der Waals surface area contributed by atoms with Crippen molar-refractivity contribution in [2.45, 2.75) is 50.8 Å². The minimum absolute atomic E-state index is 0.0240. The van der Waals surface area contributed by atoms with Gasteiger partial charge in [-0.05, 0) is 55.7 Å². The van der Waals surface area contributed by atoms with Crippen molar-refractivity contribution >= 4 is 40.7 Å². The number of hydrogen-bond acceptors (Lipinski definition) is 5. The van der Waals surface area contributed by atoms with Gasteiger partial charge in [0.1, 0.15) is 6.04 Å². The number of piperazine rings is 1. The molecular formula is C28H36Cl2N4O3. The second-order valence-corrected chi connectivity index (χ2v) is 11.2. The smallest absolute Gasteiger partial charge is 0.245 e. The number of rotatable bonds is 8. The van der Waals surface area contributed by atoms with Crippen molar-refractivity contribution in [1.29, 1.82) is 0 Å². The molecule has 9 heteroatoms. The van der Waals surface area contributed by atoms with Crippen LogP contribution in [-0.4, -0.2) is 73.1 Å². The predicted molar refractivity (Wildman–Crippen MR) is 148 cm³/mol. The minimum Gasteiger partial charge on any atom is -0.377 e. The second-order valence-electron chi connectivity index (χ2n) is 10.3. The van der Waals surface area contributed by atoms with E-state index in [0.29, 0.717) is 55.6 Å². The Morgan fingerprint density at radius 1 is 1.05 bits per heavy atom. The Kier molecular flexibility index (Phi) is 8.69. The highest BCUT2D eigenvalue weighted by molar-refractivity contribution is 6.35. The number of amides is 2. The summed E-state index contributed by atoms with van der Waals surface area (Å²) in [7, 11) is 1.67. The van der Waals surface area contributed by atoms with Gasteiger partial charge in [0, 0.05) is 68.4 Å². The van der Waals surface area contributed by atoms with Crippen molar-refractivity contribution in [3.63, 3.8) is 0 Å². The van der Waals surface area contributed by atoms with Crippen LogP contribution < -0.4 is 10.6 Å². The molecule has 2 N–H and O–H groups in total. The van der Waals surface area contributed by atoms with Crippen LogP contribution in [-0.2, 0) is 20.7 Å². The van der Waals surface area contributed by atoms with E-state index in [0.717, 1.165) is 23.2 Å². The SMILES string of the molecule is COC(C)(C)C(N)c1ccc(N2CCN(C(=O)C(Cc3ccc(Cl)cc3Cl)N3CCCC3=O)CC2)cc1. The molecule has 0 bridgehead atoms. The van der Waals surface area contributed by atoms with Gasteiger partial charge in [-0.3, -0.25) is 9.59 Å². The molecule has 0 spiro atoms. The van der Waals surface area contributed by atoms with E-state index in [1.54, 1.807) is 24.1 Å². The zero-order chi connectivity index (χ0) is 26.7. The van der Waals surface area contributed by atoms with Gasteiger partial charge in [-0.1, -0.05) is 41.4 Å². The van der Waals surface area contributed by atoms with Crippen molar-refractivity contribution in [2.75, 3.05) is 44.7 Å². The number of halogens is 2. The third-order valence-corrected chi connectivity index (χ3v) is 8.27. The number of likely N-dealkylation sites (tertiary alicyclic amines) is 1. The van der Waals surface area contributed by atoms with E-state index in [2.05, 4.69) is 17.0 Å². The zero-order valence-electron chi connectivity index (χ0n) is 21.8. The third kappa shape index (κ3) is 6.23. The summed E-state index contributed by atoms with van der Waals surface area (Å²) in [5.41, 5.74) is 8.87. The van der Waals surface area contributed by atoms with E-state index in [1.807, 2.05) is 36.9 Å². The monoisotopic (exact) mass is 546 g/mol. The van der Waals surface area contributed by atoms with Gasteiger partial charge in [-0.15, -0.1) is 0 Å². The molecule has 2 amide bonds. The molecule has 0 saturated carbocycles.